The Kier molecular flexibility index (Phi) is 6.31. The zero-order chi connectivity index (χ0) is 17.5. The number of carboxylic acid groups (broad SMARTS) is 1. The van der Waals surface area contributed by atoms with Gasteiger partial charge in [0.25, 0.3) is 0 Å². The lowest BCUT2D eigenvalue weighted by Gasteiger charge is -2.18. The number of ether oxygens (including phenoxy) is 1. The number of methoxy groups -OCH3 is 1. The topological polar surface area (TPSA) is 95.9 Å². The molecule has 0 aliphatic carbocycles. The molecule has 0 aromatic heterocycles. The number of carbonyl (C=O) groups is 3. The third-order valence-electron chi connectivity index (χ3n) is 4.05. The van der Waals surface area contributed by atoms with Crippen molar-refractivity contribution in [1.29, 1.82) is 0 Å². The molecule has 1 aromatic rings. The lowest BCUT2D eigenvalue weighted by atomic mass is 10.0. The van der Waals surface area contributed by atoms with Gasteiger partial charge in [-0.2, -0.15) is 0 Å². The molecular formula is C17H22N2O5. The molecule has 0 spiro atoms. The first-order valence-electron chi connectivity index (χ1n) is 7.85. The van der Waals surface area contributed by atoms with E-state index >= 15 is 0 Å². The van der Waals surface area contributed by atoms with Crippen LogP contribution < -0.4 is 5.32 Å². The van der Waals surface area contributed by atoms with E-state index in [1.807, 2.05) is 30.3 Å². The second kappa shape index (κ2) is 8.44. The highest BCUT2D eigenvalue weighted by Crippen LogP contribution is 2.18. The fourth-order valence-corrected chi connectivity index (χ4v) is 2.70. The van der Waals surface area contributed by atoms with Crippen molar-refractivity contribution in [2.24, 2.45) is 5.92 Å². The van der Waals surface area contributed by atoms with Crippen LogP contribution >= 0.6 is 0 Å². The normalized spacial score (nSPS) is 18.5. The molecule has 2 N–H and O–H groups in total. The molecule has 1 heterocycles. The molecule has 0 bridgehead atoms. The zero-order valence-electron chi connectivity index (χ0n) is 13.6. The predicted molar refractivity (Wildman–Crippen MR) is 86.3 cm³/mol. The van der Waals surface area contributed by atoms with Crippen molar-refractivity contribution in [3.63, 3.8) is 0 Å². The van der Waals surface area contributed by atoms with Gasteiger partial charge in [0.05, 0.1) is 12.5 Å². The highest BCUT2D eigenvalue weighted by Gasteiger charge is 2.35. The Morgan fingerprint density at radius 2 is 2.08 bits per heavy atom. The number of hydrogen-bond acceptors (Lipinski definition) is 4. The fraction of sp³-hybridized carbons (Fsp3) is 0.471. The molecule has 7 nitrogen and oxygen atoms in total. The van der Waals surface area contributed by atoms with Gasteiger partial charge in [0.15, 0.2) is 0 Å². The minimum Gasteiger partial charge on any atom is -0.480 e. The Morgan fingerprint density at radius 1 is 1.38 bits per heavy atom. The minimum atomic E-state index is -1.09. The largest absolute Gasteiger partial charge is 0.480 e. The van der Waals surface area contributed by atoms with E-state index in [2.05, 4.69) is 5.32 Å². The summed E-state index contributed by atoms with van der Waals surface area (Å²) >= 11 is 0. The summed E-state index contributed by atoms with van der Waals surface area (Å²) in [5.41, 5.74) is 0.828. The molecule has 1 aromatic carbocycles. The van der Waals surface area contributed by atoms with Crippen LogP contribution in [0.3, 0.4) is 0 Å². The van der Waals surface area contributed by atoms with Crippen LogP contribution in [0.5, 0.6) is 0 Å². The van der Waals surface area contributed by atoms with Gasteiger partial charge < -0.3 is 20.1 Å². The van der Waals surface area contributed by atoms with Gasteiger partial charge in [-0.05, 0) is 5.56 Å². The average molecular weight is 334 g/mol. The van der Waals surface area contributed by atoms with Crippen LogP contribution in [-0.4, -0.2) is 60.6 Å². The molecule has 24 heavy (non-hydrogen) atoms. The Bertz CT molecular complexity index is 590. The summed E-state index contributed by atoms with van der Waals surface area (Å²) < 4.78 is 4.94. The summed E-state index contributed by atoms with van der Waals surface area (Å²) in [6.45, 7) is 1.14. The van der Waals surface area contributed by atoms with Crippen LogP contribution in [0, 0.1) is 5.92 Å². The van der Waals surface area contributed by atoms with E-state index in [0.717, 1.165) is 5.56 Å². The molecule has 2 amide bonds. The van der Waals surface area contributed by atoms with Crippen molar-refractivity contribution in [2.75, 3.05) is 26.8 Å². The molecule has 1 fully saturated rings. The van der Waals surface area contributed by atoms with Crippen molar-refractivity contribution in [3.05, 3.63) is 35.9 Å². The summed E-state index contributed by atoms with van der Waals surface area (Å²) in [5, 5.41) is 11.9. The first-order chi connectivity index (χ1) is 11.5. The smallest absolute Gasteiger partial charge is 0.326 e. The minimum absolute atomic E-state index is 0.104. The number of benzene rings is 1. The van der Waals surface area contributed by atoms with Crippen molar-refractivity contribution in [1.82, 2.24) is 10.2 Å². The number of rotatable bonds is 8. The molecule has 0 radical (unpaired) electrons. The van der Waals surface area contributed by atoms with Gasteiger partial charge in [-0.25, -0.2) is 4.79 Å². The third kappa shape index (κ3) is 4.79. The van der Waals surface area contributed by atoms with E-state index in [1.165, 1.54) is 0 Å². The molecular weight excluding hydrogens is 312 g/mol. The molecule has 1 saturated heterocycles. The molecule has 2 atom stereocenters. The quantitative estimate of drug-likeness (QED) is 0.712. The molecule has 0 unspecified atom stereocenters. The first-order valence-corrected chi connectivity index (χ1v) is 7.85. The van der Waals surface area contributed by atoms with Crippen molar-refractivity contribution in [3.8, 4) is 0 Å². The Labute approximate surface area is 140 Å². The maximum Gasteiger partial charge on any atom is 0.326 e. The SMILES string of the molecule is COCCN1C[C@@H](C(=O)N[C@H](Cc2ccccc2)C(=O)O)CC1=O. The van der Waals surface area contributed by atoms with Crippen LogP contribution in [-0.2, 0) is 25.5 Å². The average Bonchev–Trinajstić information content (AvgIpc) is 2.94. The van der Waals surface area contributed by atoms with Gasteiger partial charge in [-0.15, -0.1) is 0 Å². The molecule has 1 aliphatic heterocycles. The highest BCUT2D eigenvalue weighted by atomic mass is 16.5. The van der Waals surface area contributed by atoms with E-state index in [-0.39, 0.29) is 18.7 Å². The van der Waals surface area contributed by atoms with E-state index < -0.39 is 23.8 Å². The van der Waals surface area contributed by atoms with Gasteiger partial charge in [0.2, 0.25) is 11.8 Å². The van der Waals surface area contributed by atoms with Crippen LogP contribution in [0.25, 0.3) is 0 Å². The summed E-state index contributed by atoms with van der Waals surface area (Å²) in [4.78, 5) is 37.2. The highest BCUT2D eigenvalue weighted by molar-refractivity contribution is 5.91. The third-order valence-corrected chi connectivity index (χ3v) is 4.05. The van der Waals surface area contributed by atoms with Gasteiger partial charge in [-0.1, -0.05) is 30.3 Å². The molecule has 1 aliphatic rings. The van der Waals surface area contributed by atoms with E-state index in [0.29, 0.717) is 19.7 Å². The first kappa shape index (κ1) is 17.9. The molecule has 7 heteroatoms. The summed E-state index contributed by atoms with van der Waals surface area (Å²) in [6.07, 6.45) is 0.309. The van der Waals surface area contributed by atoms with Crippen molar-refractivity contribution < 1.29 is 24.2 Å². The van der Waals surface area contributed by atoms with E-state index in [1.54, 1.807) is 12.0 Å². The number of amides is 2. The van der Waals surface area contributed by atoms with E-state index in [4.69, 9.17) is 4.74 Å². The Morgan fingerprint density at radius 3 is 2.71 bits per heavy atom. The van der Waals surface area contributed by atoms with Gasteiger partial charge in [0.1, 0.15) is 6.04 Å². The van der Waals surface area contributed by atoms with Crippen LogP contribution in [0.15, 0.2) is 30.3 Å². The number of carboxylic acids is 1. The standard InChI is InChI=1S/C17H22N2O5/c1-24-8-7-19-11-13(10-15(19)20)16(21)18-14(17(22)23)9-12-5-3-2-4-6-12/h2-6,13-14H,7-11H2,1H3,(H,18,21)(H,22,23)/t13-,14+/m0/s1. The second-order valence-electron chi connectivity index (χ2n) is 5.82. The molecule has 2 rings (SSSR count). The predicted octanol–water partition coefficient (Wildman–Crippen LogP) is 0.293. The number of nitrogens with one attached hydrogen (secondary N) is 1. The fourth-order valence-electron chi connectivity index (χ4n) is 2.70. The maximum absolute atomic E-state index is 12.3. The lowest BCUT2D eigenvalue weighted by Crippen LogP contribution is -2.45. The van der Waals surface area contributed by atoms with Gasteiger partial charge in [0, 0.05) is 33.0 Å². The zero-order valence-corrected chi connectivity index (χ0v) is 13.6. The lowest BCUT2D eigenvalue weighted by molar-refractivity contribution is -0.142. The van der Waals surface area contributed by atoms with Crippen LogP contribution in [0.1, 0.15) is 12.0 Å². The number of likely N-dealkylation sites (tertiary alicyclic amines) is 1. The van der Waals surface area contributed by atoms with E-state index in [9.17, 15) is 19.5 Å². The van der Waals surface area contributed by atoms with Gasteiger partial charge in [-0.3, -0.25) is 9.59 Å². The van der Waals surface area contributed by atoms with Crippen LogP contribution in [0.2, 0.25) is 0 Å². The molecule has 130 valence electrons. The summed E-state index contributed by atoms with van der Waals surface area (Å²) in [5.74, 6) is -2.12. The Hall–Kier alpha value is -2.41. The number of nitrogens with zero attached hydrogens (tertiary/aromatic N) is 1. The summed E-state index contributed by atoms with van der Waals surface area (Å²) in [7, 11) is 1.55. The monoisotopic (exact) mass is 334 g/mol. The summed E-state index contributed by atoms with van der Waals surface area (Å²) in [6, 6.07) is 8.10. The number of carbonyl (C=O) groups excluding carboxylic acids is 2. The number of hydrogen-bond donors (Lipinski definition) is 2. The Balaban J connectivity index is 1.93. The van der Waals surface area contributed by atoms with Crippen molar-refractivity contribution >= 4 is 17.8 Å². The number of aliphatic carboxylic acids is 1. The maximum atomic E-state index is 12.3. The molecule has 0 saturated carbocycles. The van der Waals surface area contributed by atoms with Gasteiger partial charge >= 0.3 is 5.97 Å². The van der Waals surface area contributed by atoms with Crippen molar-refractivity contribution in [2.45, 2.75) is 18.9 Å². The van der Waals surface area contributed by atoms with Crippen LogP contribution in [0.4, 0.5) is 0 Å². The second-order valence-corrected chi connectivity index (χ2v) is 5.82.